The second-order valence-electron chi connectivity index (χ2n) is 5.62. The maximum atomic E-state index is 13.2. The average molecular weight is 335 g/mol. The lowest BCUT2D eigenvalue weighted by molar-refractivity contribution is 0.210. The lowest BCUT2D eigenvalue weighted by Crippen LogP contribution is -2.14. The van der Waals surface area contributed by atoms with Gasteiger partial charge in [0.25, 0.3) is 10.0 Å². The Morgan fingerprint density at radius 1 is 1.04 bits per heavy atom. The van der Waals surface area contributed by atoms with Gasteiger partial charge in [-0.2, -0.15) is 0 Å². The van der Waals surface area contributed by atoms with Gasteiger partial charge in [-0.05, 0) is 56.0 Å². The molecule has 1 fully saturated rings. The first-order chi connectivity index (χ1) is 11.0. The van der Waals surface area contributed by atoms with Gasteiger partial charge < -0.3 is 4.74 Å². The first-order valence-corrected chi connectivity index (χ1v) is 9.06. The molecule has 1 N–H and O–H groups in total. The second kappa shape index (κ2) is 6.58. The Bertz CT molecular complexity index is 786. The number of hydrogen-bond donors (Lipinski definition) is 1. The van der Waals surface area contributed by atoms with Gasteiger partial charge >= 0.3 is 0 Å². The van der Waals surface area contributed by atoms with Gasteiger partial charge in [0.1, 0.15) is 11.6 Å². The summed E-state index contributed by atoms with van der Waals surface area (Å²) in [7, 11) is -3.83. The van der Waals surface area contributed by atoms with Crippen molar-refractivity contribution in [3.8, 4) is 5.75 Å². The minimum absolute atomic E-state index is 0.111. The van der Waals surface area contributed by atoms with Crippen LogP contribution in [0.5, 0.6) is 5.75 Å². The van der Waals surface area contributed by atoms with Crippen LogP contribution in [0.4, 0.5) is 10.1 Å². The van der Waals surface area contributed by atoms with E-state index in [0.29, 0.717) is 11.4 Å². The van der Waals surface area contributed by atoms with E-state index < -0.39 is 15.8 Å². The molecule has 4 nitrogen and oxygen atoms in total. The molecule has 0 heterocycles. The van der Waals surface area contributed by atoms with E-state index in [-0.39, 0.29) is 11.0 Å². The van der Waals surface area contributed by atoms with E-state index in [1.54, 1.807) is 24.3 Å². The molecule has 1 saturated carbocycles. The fourth-order valence-corrected chi connectivity index (χ4v) is 3.76. The van der Waals surface area contributed by atoms with E-state index in [1.165, 1.54) is 18.2 Å². The molecular formula is C17H18FNO3S. The molecule has 0 aliphatic heterocycles. The van der Waals surface area contributed by atoms with Crippen LogP contribution >= 0.6 is 0 Å². The van der Waals surface area contributed by atoms with Gasteiger partial charge in [-0.3, -0.25) is 4.72 Å². The van der Waals surface area contributed by atoms with Gasteiger partial charge in [-0.25, -0.2) is 12.8 Å². The van der Waals surface area contributed by atoms with Crippen molar-refractivity contribution in [2.24, 2.45) is 0 Å². The molecule has 0 saturated heterocycles. The highest BCUT2D eigenvalue weighted by atomic mass is 32.2. The van der Waals surface area contributed by atoms with Crippen LogP contribution in [-0.4, -0.2) is 14.5 Å². The van der Waals surface area contributed by atoms with Crippen molar-refractivity contribution in [3.05, 3.63) is 54.3 Å². The number of ether oxygens (including phenoxy) is 1. The van der Waals surface area contributed by atoms with Gasteiger partial charge in [-0.15, -0.1) is 0 Å². The summed E-state index contributed by atoms with van der Waals surface area (Å²) in [6.07, 6.45) is 4.58. The maximum Gasteiger partial charge on any atom is 0.261 e. The molecule has 3 rings (SSSR count). The molecule has 23 heavy (non-hydrogen) atoms. The van der Waals surface area contributed by atoms with E-state index in [2.05, 4.69) is 4.72 Å². The molecule has 2 aromatic carbocycles. The van der Waals surface area contributed by atoms with Crippen molar-refractivity contribution in [2.45, 2.75) is 36.7 Å². The molecule has 6 heteroatoms. The molecule has 0 unspecified atom stereocenters. The smallest absolute Gasteiger partial charge is 0.261 e. The molecule has 1 aliphatic carbocycles. The van der Waals surface area contributed by atoms with Gasteiger partial charge in [0.2, 0.25) is 0 Å². The predicted molar refractivity (Wildman–Crippen MR) is 86.5 cm³/mol. The number of rotatable bonds is 5. The van der Waals surface area contributed by atoms with Crippen LogP contribution in [0.1, 0.15) is 25.7 Å². The van der Waals surface area contributed by atoms with Crippen molar-refractivity contribution in [1.29, 1.82) is 0 Å². The summed E-state index contributed by atoms with van der Waals surface area (Å²) in [6, 6.07) is 11.7. The number of sulfonamides is 1. The Labute approximate surface area is 135 Å². The molecule has 0 atom stereocenters. The molecule has 0 aromatic heterocycles. The Kier molecular flexibility index (Phi) is 4.52. The van der Waals surface area contributed by atoms with Crippen LogP contribution in [0, 0.1) is 5.82 Å². The van der Waals surface area contributed by atoms with Gasteiger partial charge in [0.05, 0.1) is 16.7 Å². The highest BCUT2D eigenvalue weighted by molar-refractivity contribution is 7.92. The van der Waals surface area contributed by atoms with Gasteiger partial charge in [-0.1, -0.05) is 12.1 Å². The largest absolute Gasteiger partial charge is 0.490 e. The second-order valence-corrected chi connectivity index (χ2v) is 7.30. The molecule has 122 valence electrons. The summed E-state index contributed by atoms with van der Waals surface area (Å²) in [5.41, 5.74) is 0.393. The lowest BCUT2D eigenvalue weighted by Gasteiger charge is -2.14. The molecule has 0 spiro atoms. The summed E-state index contributed by atoms with van der Waals surface area (Å²) in [6.45, 7) is 0. The first-order valence-electron chi connectivity index (χ1n) is 7.58. The summed E-state index contributed by atoms with van der Waals surface area (Å²) in [5.74, 6) is 0.0440. The molecular weight excluding hydrogens is 317 g/mol. The number of benzene rings is 2. The molecule has 0 radical (unpaired) electrons. The monoisotopic (exact) mass is 335 g/mol. The average Bonchev–Trinajstić information content (AvgIpc) is 3.00. The standard InChI is InChI=1S/C17H18FNO3S/c18-13-5-3-10-17(11-13)23(20,21)19-14-6-4-9-16(12-14)22-15-7-1-2-8-15/h3-6,9-12,15,19H,1-2,7-8H2. The van der Waals surface area contributed by atoms with E-state index in [1.807, 2.05) is 0 Å². The summed E-state index contributed by atoms with van der Waals surface area (Å²) >= 11 is 0. The van der Waals surface area contributed by atoms with Crippen molar-refractivity contribution in [3.63, 3.8) is 0 Å². The molecule has 1 aliphatic rings. The third kappa shape index (κ3) is 4.01. The van der Waals surface area contributed by atoms with Crippen LogP contribution in [0.25, 0.3) is 0 Å². The Balaban J connectivity index is 1.76. The van der Waals surface area contributed by atoms with E-state index in [0.717, 1.165) is 31.7 Å². The number of anilines is 1. The van der Waals surface area contributed by atoms with Crippen molar-refractivity contribution < 1.29 is 17.5 Å². The van der Waals surface area contributed by atoms with Crippen molar-refractivity contribution >= 4 is 15.7 Å². The molecule has 0 amide bonds. The highest BCUT2D eigenvalue weighted by Gasteiger charge is 2.18. The topological polar surface area (TPSA) is 55.4 Å². The van der Waals surface area contributed by atoms with Crippen molar-refractivity contribution in [2.75, 3.05) is 4.72 Å². The fraction of sp³-hybridized carbons (Fsp3) is 0.294. The van der Waals surface area contributed by atoms with E-state index in [4.69, 9.17) is 4.74 Å². The summed E-state index contributed by atoms with van der Waals surface area (Å²) in [5, 5.41) is 0. The normalized spacial score (nSPS) is 15.5. The van der Waals surface area contributed by atoms with Crippen molar-refractivity contribution in [1.82, 2.24) is 0 Å². The zero-order valence-electron chi connectivity index (χ0n) is 12.5. The maximum absolute atomic E-state index is 13.2. The lowest BCUT2D eigenvalue weighted by atomic mass is 10.3. The SMILES string of the molecule is O=S(=O)(Nc1cccc(OC2CCCC2)c1)c1cccc(F)c1. The summed E-state index contributed by atoms with van der Waals surface area (Å²) in [4.78, 5) is -0.111. The molecule has 2 aromatic rings. The Morgan fingerprint density at radius 2 is 1.78 bits per heavy atom. The van der Waals surface area contributed by atoms with E-state index in [9.17, 15) is 12.8 Å². The van der Waals surface area contributed by atoms with Gasteiger partial charge in [0.15, 0.2) is 0 Å². The van der Waals surface area contributed by atoms with Crippen LogP contribution in [0.2, 0.25) is 0 Å². The zero-order valence-corrected chi connectivity index (χ0v) is 13.4. The highest BCUT2D eigenvalue weighted by Crippen LogP contribution is 2.26. The zero-order chi connectivity index (χ0) is 16.3. The predicted octanol–water partition coefficient (Wildman–Crippen LogP) is 3.95. The van der Waals surface area contributed by atoms with Crippen LogP contribution in [0.15, 0.2) is 53.4 Å². The fourth-order valence-electron chi connectivity index (χ4n) is 2.68. The van der Waals surface area contributed by atoms with Crippen LogP contribution in [-0.2, 0) is 10.0 Å². The third-order valence-electron chi connectivity index (χ3n) is 3.80. The van der Waals surface area contributed by atoms with E-state index >= 15 is 0 Å². The Hall–Kier alpha value is -2.08. The number of nitrogens with one attached hydrogen (secondary N) is 1. The van der Waals surface area contributed by atoms with Crippen LogP contribution in [0.3, 0.4) is 0 Å². The molecule has 0 bridgehead atoms. The van der Waals surface area contributed by atoms with Crippen LogP contribution < -0.4 is 9.46 Å². The minimum Gasteiger partial charge on any atom is -0.490 e. The number of halogens is 1. The first kappa shape index (κ1) is 15.8. The third-order valence-corrected chi connectivity index (χ3v) is 5.18. The Morgan fingerprint density at radius 3 is 2.52 bits per heavy atom. The number of hydrogen-bond acceptors (Lipinski definition) is 3. The van der Waals surface area contributed by atoms with Gasteiger partial charge in [0, 0.05) is 6.07 Å². The minimum atomic E-state index is -3.83. The summed E-state index contributed by atoms with van der Waals surface area (Å²) < 4.78 is 46.1. The quantitative estimate of drug-likeness (QED) is 0.900.